The van der Waals surface area contributed by atoms with Crippen LogP contribution in [0.5, 0.6) is 0 Å². The molecule has 0 aliphatic rings. The zero-order chi connectivity index (χ0) is 13.7. The maximum Gasteiger partial charge on any atom is 0.133 e. The largest absolute Gasteiger partial charge is 0.370 e. The number of aromatic nitrogens is 3. The first kappa shape index (κ1) is 13.5. The van der Waals surface area contributed by atoms with Crippen LogP contribution in [0.25, 0.3) is 11.3 Å². The summed E-state index contributed by atoms with van der Waals surface area (Å²) < 4.78 is 0. The smallest absolute Gasteiger partial charge is 0.133 e. The first-order valence-corrected chi connectivity index (χ1v) is 6.78. The van der Waals surface area contributed by atoms with E-state index < -0.39 is 0 Å². The Morgan fingerprint density at radius 1 is 1.21 bits per heavy atom. The summed E-state index contributed by atoms with van der Waals surface area (Å²) in [5.74, 6) is 1.82. The van der Waals surface area contributed by atoms with Crippen LogP contribution in [-0.4, -0.2) is 21.5 Å². The minimum atomic E-state index is 0.857. The second-order valence-corrected chi connectivity index (χ2v) is 4.48. The third kappa shape index (κ3) is 3.08. The molecule has 4 nitrogen and oxygen atoms in total. The molecule has 0 aliphatic heterocycles. The molecule has 19 heavy (non-hydrogen) atoms. The molecule has 0 spiro atoms. The Hall–Kier alpha value is -1.97. The van der Waals surface area contributed by atoms with Crippen molar-refractivity contribution in [1.29, 1.82) is 0 Å². The highest BCUT2D eigenvalue weighted by Crippen LogP contribution is 2.25. The van der Waals surface area contributed by atoms with Crippen LogP contribution < -0.4 is 5.32 Å². The number of hydrogen-bond acceptors (Lipinski definition) is 4. The second-order valence-electron chi connectivity index (χ2n) is 4.48. The number of nitrogens with one attached hydrogen (secondary N) is 1. The maximum atomic E-state index is 4.68. The highest BCUT2D eigenvalue weighted by atomic mass is 15.0. The van der Waals surface area contributed by atoms with Gasteiger partial charge in [0, 0.05) is 36.5 Å². The van der Waals surface area contributed by atoms with Gasteiger partial charge in [-0.2, -0.15) is 0 Å². The highest BCUT2D eigenvalue weighted by Gasteiger charge is 2.11. The maximum absolute atomic E-state index is 4.68. The van der Waals surface area contributed by atoms with Crippen LogP contribution in [-0.2, 0) is 6.42 Å². The minimum Gasteiger partial charge on any atom is -0.370 e. The van der Waals surface area contributed by atoms with Crippen molar-refractivity contribution in [2.24, 2.45) is 0 Å². The summed E-state index contributed by atoms with van der Waals surface area (Å²) in [6, 6.07) is 3.97. The lowest BCUT2D eigenvalue weighted by atomic mass is 10.1. The third-order valence-electron chi connectivity index (χ3n) is 2.94. The molecule has 2 heterocycles. The number of aryl methyl sites for hydroxylation is 1. The molecule has 2 aromatic rings. The fourth-order valence-electron chi connectivity index (χ4n) is 2.02. The molecule has 2 rings (SSSR count). The van der Waals surface area contributed by atoms with Gasteiger partial charge in [-0.1, -0.05) is 6.92 Å². The number of nitrogens with zero attached hydrogens (tertiary/aromatic N) is 3. The molecule has 0 saturated heterocycles. The van der Waals surface area contributed by atoms with E-state index in [4.69, 9.17) is 0 Å². The molecule has 0 bridgehead atoms. The Kier molecular flexibility index (Phi) is 4.44. The predicted molar refractivity (Wildman–Crippen MR) is 78.2 cm³/mol. The van der Waals surface area contributed by atoms with E-state index in [1.807, 2.05) is 18.3 Å². The minimum absolute atomic E-state index is 0.857. The molecule has 0 unspecified atom stereocenters. The van der Waals surface area contributed by atoms with Gasteiger partial charge in [0.1, 0.15) is 11.6 Å². The highest BCUT2D eigenvalue weighted by molar-refractivity contribution is 5.67. The van der Waals surface area contributed by atoms with Gasteiger partial charge in [-0.15, -0.1) is 0 Å². The molecule has 0 amide bonds. The molecule has 0 atom stereocenters. The van der Waals surface area contributed by atoms with Crippen molar-refractivity contribution in [3.8, 4) is 11.3 Å². The molecule has 100 valence electrons. The number of rotatable bonds is 5. The van der Waals surface area contributed by atoms with Crippen molar-refractivity contribution in [2.45, 2.75) is 33.6 Å². The van der Waals surface area contributed by atoms with Gasteiger partial charge in [0.25, 0.3) is 0 Å². The van der Waals surface area contributed by atoms with E-state index in [0.717, 1.165) is 47.8 Å². The Morgan fingerprint density at radius 2 is 2.05 bits per heavy atom. The van der Waals surface area contributed by atoms with Crippen molar-refractivity contribution in [3.05, 3.63) is 35.9 Å². The summed E-state index contributed by atoms with van der Waals surface area (Å²) in [5, 5.41) is 3.31. The van der Waals surface area contributed by atoms with E-state index >= 15 is 0 Å². The molecular weight excluding hydrogens is 236 g/mol. The number of anilines is 1. The van der Waals surface area contributed by atoms with E-state index in [1.54, 1.807) is 6.20 Å². The zero-order valence-corrected chi connectivity index (χ0v) is 11.8. The van der Waals surface area contributed by atoms with Gasteiger partial charge < -0.3 is 5.32 Å². The lowest BCUT2D eigenvalue weighted by Crippen LogP contribution is -2.08. The van der Waals surface area contributed by atoms with E-state index in [-0.39, 0.29) is 0 Å². The van der Waals surface area contributed by atoms with E-state index in [0.29, 0.717) is 0 Å². The topological polar surface area (TPSA) is 50.7 Å². The molecule has 0 saturated carbocycles. The molecule has 0 radical (unpaired) electrons. The molecule has 1 N–H and O–H groups in total. The monoisotopic (exact) mass is 256 g/mol. The fourth-order valence-corrected chi connectivity index (χ4v) is 2.02. The van der Waals surface area contributed by atoms with E-state index in [9.17, 15) is 0 Å². The average molecular weight is 256 g/mol. The van der Waals surface area contributed by atoms with Crippen molar-refractivity contribution in [2.75, 3.05) is 11.9 Å². The first-order chi connectivity index (χ1) is 9.26. The SMILES string of the molecule is CCCc1nc(NCC)c(C)c(-c2cccnc2)n1. The normalized spacial score (nSPS) is 10.5. The van der Waals surface area contributed by atoms with Crippen LogP contribution in [0.2, 0.25) is 0 Å². The lowest BCUT2D eigenvalue weighted by Gasteiger charge is -2.13. The van der Waals surface area contributed by atoms with Gasteiger partial charge in [0.05, 0.1) is 5.69 Å². The Morgan fingerprint density at radius 3 is 2.68 bits per heavy atom. The third-order valence-corrected chi connectivity index (χ3v) is 2.94. The summed E-state index contributed by atoms with van der Waals surface area (Å²) in [5.41, 5.74) is 3.09. The van der Waals surface area contributed by atoms with Crippen LogP contribution in [0.15, 0.2) is 24.5 Å². The number of pyridine rings is 1. The van der Waals surface area contributed by atoms with Crippen molar-refractivity contribution in [1.82, 2.24) is 15.0 Å². The zero-order valence-electron chi connectivity index (χ0n) is 11.8. The van der Waals surface area contributed by atoms with Crippen LogP contribution in [0.4, 0.5) is 5.82 Å². The second kappa shape index (κ2) is 6.27. The Labute approximate surface area is 114 Å². The van der Waals surface area contributed by atoms with Gasteiger partial charge in [-0.05, 0) is 32.4 Å². The summed E-state index contributed by atoms with van der Waals surface area (Å²) >= 11 is 0. The first-order valence-electron chi connectivity index (χ1n) is 6.78. The molecule has 4 heteroatoms. The molecule has 0 fully saturated rings. The quantitative estimate of drug-likeness (QED) is 0.892. The fraction of sp³-hybridized carbons (Fsp3) is 0.400. The number of hydrogen-bond donors (Lipinski definition) is 1. The molecule has 0 aliphatic carbocycles. The molecule has 2 aromatic heterocycles. The summed E-state index contributed by atoms with van der Waals surface area (Å²) in [6.45, 7) is 7.12. The van der Waals surface area contributed by atoms with Gasteiger partial charge in [0.2, 0.25) is 0 Å². The average Bonchev–Trinajstić information content (AvgIpc) is 2.44. The van der Waals surface area contributed by atoms with Crippen LogP contribution in [0, 0.1) is 6.92 Å². The van der Waals surface area contributed by atoms with Crippen LogP contribution in [0.3, 0.4) is 0 Å². The van der Waals surface area contributed by atoms with Crippen molar-refractivity contribution >= 4 is 5.82 Å². The van der Waals surface area contributed by atoms with Gasteiger partial charge >= 0.3 is 0 Å². The van der Waals surface area contributed by atoms with Crippen LogP contribution >= 0.6 is 0 Å². The standard InChI is InChI=1S/C15H20N4/c1-4-7-13-18-14(12-8-6-9-16-10-12)11(3)15(19-13)17-5-2/h6,8-10H,4-5,7H2,1-3H3,(H,17,18,19). The summed E-state index contributed by atoms with van der Waals surface area (Å²) in [4.78, 5) is 13.5. The van der Waals surface area contributed by atoms with Gasteiger partial charge in [-0.25, -0.2) is 9.97 Å². The van der Waals surface area contributed by atoms with E-state index in [1.165, 1.54) is 0 Å². The summed E-state index contributed by atoms with van der Waals surface area (Å²) in [6.07, 6.45) is 5.56. The van der Waals surface area contributed by atoms with Crippen LogP contribution in [0.1, 0.15) is 31.7 Å². The summed E-state index contributed by atoms with van der Waals surface area (Å²) in [7, 11) is 0. The molecular formula is C15H20N4. The van der Waals surface area contributed by atoms with Crippen molar-refractivity contribution in [3.63, 3.8) is 0 Å². The van der Waals surface area contributed by atoms with Gasteiger partial charge in [-0.3, -0.25) is 4.98 Å². The predicted octanol–water partition coefficient (Wildman–Crippen LogP) is 3.23. The molecule has 0 aromatic carbocycles. The lowest BCUT2D eigenvalue weighted by molar-refractivity contribution is 0.833. The van der Waals surface area contributed by atoms with Crippen molar-refractivity contribution < 1.29 is 0 Å². The Bertz CT molecular complexity index is 537. The van der Waals surface area contributed by atoms with Gasteiger partial charge in [0.15, 0.2) is 0 Å². The van der Waals surface area contributed by atoms with E-state index in [2.05, 4.69) is 41.0 Å². The Balaban J connectivity index is 2.52.